The van der Waals surface area contributed by atoms with Gasteiger partial charge >= 0.3 is 5.97 Å². The summed E-state index contributed by atoms with van der Waals surface area (Å²) in [4.78, 5) is 11.8. The van der Waals surface area contributed by atoms with Gasteiger partial charge in [-0.05, 0) is 37.5 Å². The highest BCUT2D eigenvalue weighted by Crippen LogP contribution is 2.28. The van der Waals surface area contributed by atoms with E-state index in [-0.39, 0.29) is 12.1 Å². The lowest BCUT2D eigenvalue weighted by molar-refractivity contribution is -0.153. The molecule has 3 atom stereocenters. The largest absolute Gasteiger partial charge is 0.461 e. The maximum atomic E-state index is 11.8. The quantitative estimate of drug-likeness (QED) is 0.753. The van der Waals surface area contributed by atoms with Crippen LogP contribution in [0, 0.1) is 11.8 Å². The molecule has 0 aromatic heterocycles. The molecular weight excluding hydrogens is 214 g/mol. The smallest absolute Gasteiger partial charge is 0.323 e. The number of rotatable bonds is 5. The van der Waals surface area contributed by atoms with Crippen molar-refractivity contribution >= 4 is 5.97 Å². The van der Waals surface area contributed by atoms with Crippen LogP contribution in [0.2, 0.25) is 0 Å². The van der Waals surface area contributed by atoms with E-state index < -0.39 is 6.04 Å². The fraction of sp³-hybridized carbons (Fsp3) is 0.929. The Bertz CT molecular complexity index is 240. The average molecular weight is 241 g/mol. The molecule has 0 aromatic rings. The summed E-state index contributed by atoms with van der Waals surface area (Å²) in [5.41, 5.74) is 5.83. The Labute approximate surface area is 105 Å². The summed E-state index contributed by atoms with van der Waals surface area (Å²) in [5.74, 6) is 0.954. The summed E-state index contributed by atoms with van der Waals surface area (Å²) >= 11 is 0. The molecule has 0 radical (unpaired) electrons. The Hall–Kier alpha value is -0.570. The number of nitrogens with two attached hydrogens (primary N) is 1. The van der Waals surface area contributed by atoms with Crippen LogP contribution in [-0.4, -0.2) is 18.1 Å². The minimum atomic E-state index is -0.447. The molecule has 3 heteroatoms. The highest BCUT2D eigenvalue weighted by atomic mass is 16.5. The third kappa shape index (κ3) is 5.07. The minimum Gasteiger partial charge on any atom is -0.461 e. The van der Waals surface area contributed by atoms with Crippen molar-refractivity contribution in [3.05, 3.63) is 0 Å². The summed E-state index contributed by atoms with van der Waals surface area (Å²) in [6, 6.07) is -0.447. The van der Waals surface area contributed by atoms with Crippen molar-refractivity contribution in [2.24, 2.45) is 17.6 Å². The lowest BCUT2D eigenvalue weighted by atomic mass is 9.85. The normalized spacial score (nSPS) is 26.9. The first kappa shape index (κ1) is 14.5. The number of esters is 1. The molecule has 100 valence electrons. The van der Waals surface area contributed by atoms with E-state index in [9.17, 15) is 4.79 Å². The van der Waals surface area contributed by atoms with Gasteiger partial charge in [0.15, 0.2) is 0 Å². The van der Waals surface area contributed by atoms with Gasteiger partial charge in [0, 0.05) is 0 Å². The van der Waals surface area contributed by atoms with Gasteiger partial charge in [-0.15, -0.1) is 0 Å². The van der Waals surface area contributed by atoms with Gasteiger partial charge in [0.1, 0.15) is 12.1 Å². The third-order valence-corrected chi connectivity index (χ3v) is 3.62. The van der Waals surface area contributed by atoms with Crippen molar-refractivity contribution in [3.8, 4) is 0 Å². The Kier molecular flexibility index (Phi) is 5.96. The Morgan fingerprint density at radius 3 is 2.71 bits per heavy atom. The van der Waals surface area contributed by atoms with Crippen LogP contribution >= 0.6 is 0 Å². The van der Waals surface area contributed by atoms with Crippen molar-refractivity contribution in [2.45, 2.75) is 71.4 Å². The van der Waals surface area contributed by atoms with E-state index in [0.29, 0.717) is 12.3 Å². The summed E-state index contributed by atoms with van der Waals surface area (Å²) < 4.78 is 5.52. The van der Waals surface area contributed by atoms with Gasteiger partial charge in [-0.3, -0.25) is 4.79 Å². The Morgan fingerprint density at radius 1 is 1.41 bits per heavy atom. The van der Waals surface area contributed by atoms with Crippen molar-refractivity contribution in [1.29, 1.82) is 0 Å². The van der Waals surface area contributed by atoms with Crippen LogP contribution in [0.1, 0.15) is 59.3 Å². The standard InChI is InChI=1S/C14H27NO2/c1-4-11-6-5-7-12(9-11)17-14(16)13(15)8-10(2)3/h10-13H,4-9,15H2,1-3H3/t11?,12?,13-/m0/s1. The van der Waals surface area contributed by atoms with Gasteiger partial charge in [0.25, 0.3) is 0 Å². The van der Waals surface area contributed by atoms with E-state index in [1.807, 2.05) is 0 Å². The van der Waals surface area contributed by atoms with Crippen LogP contribution in [0.15, 0.2) is 0 Å². The van der Waals surface area contributed by atoms with Gasteiger partial charge < -0.3 is 10.5 Å². The van der Waals surface area contributed by atoms with Crippen molar-refractivity contribution < 1.29 is 9.53 Å². The van der Waals surface area contributed by atoms with Gasteiger partial charge in [-0.1, -0.05) is 33.6 Å². The monoisotopic (exact) mass is 241 g/mol. The summed E-state index contributed by atoms with van der Waals surface area (Å²) in [6.07, 6.45) is 6.50. The van der Waals surface area contributed by atoms with Gasteiger partial charge in [-0.25, -0.2) is 0 Å². The van der Waals surface area contributed by atoms with E-state index >= 15 is 0 Å². The van der Waals surface area contributed by atoms with Crippen molar-refractivity contribution in [2.75, 3.05) is 0 Å². The second-order valence-electron chi connectivity index (χ2n) is 5.74. The molecule has 0 aliphatic heterocycles. The first-order valence-corrected chi connectivity index (χ1v) is 6.99. The molecule has 0 amide bonds. The molecule has 0 saturated heterocycles. The van der Waals surface area contributed by atoms with Crippen molar-refractivity contribution in [1.82, 2.24) is 0 Å². The highest BCUT2D eigenvalue weighted by Gasteiger charge is 2.26. The predicted octanol–water partition coefficient (Wildman–Crippen LogP) is 2.87. The van der Waals surface area contributed by atoms with Gasteiger partial charge in [0.2, 0.25) is 0 Å². The van der Waals surface area contributed by atoms with E-state index in [0.717, 1.165) is 18.8 Å². The number of ether oxygens (including phenoxy) is 1. The molecule has 0 aromatic carbocycles. The fourth-order valence-electron chi connectivity index (χ4n) is 2.58. The molecule has 3 nitrogen and oxygen atoms in total. The van der Waals surface area contributed by atoms with Crippen LogP contribution in [-0.2, 0) is 9.53 Å². The zero-order chi connectivity index (χ0) is 12.8. The molecule has 0 bridgehead atoms. The zero-order valence-corrected chi connectivity index (χ0v) is 11.4. The van der Waals surface area contributed by atoms with E-state index in [4.69, 9.17) is 10.5 Å². The molecule has 0 heterocycles. The summed E-state index contributed by atoms with van der Waals surface area (Å²) in [5, 5.41) is 0. The number of hydrogen-bond acceptors (Lipinski definition) is 3. The summed E-state index contributed by atoms with van der Waals surface area (Å²) in [6.45, 7) is 6.35. The van der Waals surface area contributed by atoms with Crippen LogP contribution in [0.5, 0.6) is 0 Å². The van der Waals surface area contributed by atoms with Crippen molar-refractivity contribution in [3.63, 3.8) is 0 Å². The molecule has 0 spiro atoms. The minimum absolute atomic E-state index is 0.111. The van der Waals surface area contributed by atoms with Gasteiger partial charge in [0.05, 0.1) is 0 Å². The number of hydrogen-bond donors (Lipinski definition) is 1. The maximum Gasteiger partial charge on any atom is 0.323 e. The Morgan fingerprint density at radius 2 is 2.12 bits per heavy atom. The molecule has 1 rings (SSSR count). The molecule has 1 fully saturated rings. The summed E-state index contributed by atoms with van der Waals surface area (Å²) in [7, 11) is 0. The second kappa shape index (κ2) is 7.00. The maximum absolute atomic E-state index is 11.8. The van der Waals surface area contributed by atoms with Crippen LogP contribution in [0.4, 0.5) is 0 Å². The number of carbonyl (C=O) groups is 1. The SMILES string of the molecule is CCC1CCCC(OC(=O)[C@@H](N)CC(C)C)C1. The van der Waals surface area contributed by atoms with E-state index in [1.165, 1.54) is 19.3 Å². The molecular formula is C14H27NO2. The van der Waals surface area contributed by atoms with E-state index in [1.54, 1.807) is 0 Å². The topological polar surface area (TPSA) is 52.3 Å². The molecule has 1 aliphatic rings. The molecule has 1 saturated carbocycles. The average Bonchev–Trinajstić information content (AvgIpc) is 2.28. The fourth-order valence-corrected chi connectivity index (χ4v) is 2.58. The first-order chi connectivity index (χ1) is 8.02. The zero-order valence-electron chi connectivity index (χ0n) is 11.4. The highest BCUT2D eigenvalue weighted by molar-refractivity contribution is 5.75. The predicted molar refractivity (Wildman–Crippen MR) is 69.6 cm³/mol. The lowest BCUT2D eigenvalue weighted by Crippen LogP contribution is -2.37. The Balaban J connectivity index is 2.34. The molecule has 2 N–H and O–H groups in total. The molecule has 17 heavy (non-hydrogen) atoms. The molecule has 2 unspecified atom stereocenters. The van der Waals surface area contributed by atoms with Crippen LogP contribution in [0.3, 0.4) is 0 Å². The number of carbonyl (C=O) groups excluding carboxylic acids is 1. The first-order valence-electron chi connectivity index (χ1n) is 6.99. The third-order valence-electron chi connectivity index (χ3n) is 3.62. The lowest BCUT2D eigenvalue weighted by Gasteiger charge is -2.29. The van der Waals surface area contributed by atoms with Gasteiger partial charge in [-0.2, -0.15) is 0 Å². The molecule has 1 aliphatic carbocycles. The van der Waals surface area contributed by atoms with Crippen LogP contribution < -0.4 is 5.73 Å². The van der Waals surface area contributed by atoms with E-state index in [2.05, 4.69) is 20.8 Å². The second-order valence-corrected chi connectivity index (χ2v) is 5.74. The van der Waals surface area contributed by atoms with Crippen LogP contribution in [0.25, 0.3) is 0 Å².